The molecule has 1 amide bonds. The topological polar surface area (TPSA) is 258 Å². The quantitative estimate of drug-likeness (QED) is 0.114. The molecule has 0 spiro atoms. The van der Waals surface area contributed by atoms with E-state index < -0.39 is 114 Å². The number of nitrogens with two attached hydrogens (primary N) is 1. The fraction of sp³-hybridized carbons (Fsp3) is 0.471. The van der Waals surface area contributed by atoms with Gasteiger partial charge in [-0.2, -0.15) is 0 Å². The molecule has 2 aliphatic carbocycles. The SMILES string of the molecule is COc1cccc2c1C(=O)c1c(O)c3c(c(O)c1C2=O)C[C@@](O)(C(=O)COC(=O)CNC(=O)CCC(C)=O)C[C@H]3OC1CC(N)C(O)C(C)O1. The Morgan fingerprint density at radius 2 is 1.76 bits per heavy atom. The molecule has 50 heavy (non-hydrogen) atoms. The van der Waals surface area contributed by atoms with E-state index in [1.165, 1.54) is 32.2 Å². The van der Waals surface area contributed by atoms with Crippen molar-refractivity contribution < 1.29 is 68.1 Å². The number of ether oxygens (including phenoxy) is 4. The highest BCUT2D eigenvalue weighted by Crippen LogP contribution is 2.52. The van der Waals surface area contributed by atoms with Gasteiger partial charge in [0.15, 0.2) is 18.7 Å². The van der Waals surface area contributed by atoms with Crippen LogP contribution >= 0.6 is 0 Å². The van der Waals surface area contributed by atoms with Crippen molar-refractivity contribution in [1.29, 1.82) is 0 Å². The summed E-state index contributed by atoms with van der Waals surface area (Å²) in [5.41, 5.74) is 1.84. The van der Waals surface area contributed by atoms with Gasteiger partial charge in [0.05, 0.1) is 42.1 Å². The molecule has 2 aromatic rings. The normalized spacial score (nSPS) is 25.5. The number of benzene rings is 2. The van der Waals surface area contributed by atoms with Crippen LogP contribution < -0.4 is 15.8 Å². The first-order chi connectivity index (χ1) is 23.6. The van der Waals surface area contributed by atoms with E-state index in [4.69, 9.17) is 24.7 Å². The van der Waals surface area contributed by atoms with Gasteiger partial charge < -0.3 is 55.2 Å². The molecule has 0 radical (unpaired) electrons. The number of rotatable bonds is 11. The number of ketones is 4. The van der Waals surface area contributed by atoms with Crippen molar-refractivity contribution in [2.24, 2.45) is 5.73 Å². The van der Waals surface area contributed by atoms with Gasteiger partial charge in [-0.15, -0.1) is 0 Å². The maximum absolute atomic E-state index is 13.9. The van der Waals surface area contributed by atoms with Gasteiger partial charge in [0, 0.05) is 54.8 Å². The molecule has 1 saturated heterocycles. The average Bonchev–Trinajstić information content (AvgIpc) is 3.07. The summed E-state index contributed by atoms with van der Waals surface area (Å²) >= 11 is 0. The highest BCUT2D eigenvalue weighted by atomic mass is 16.7. The van der Waals surface area contributed by atoms with Gasteiger partial charge in [0.1, 0.15) is 35.2 Å². The molecule has 1 fully saturated rings. The lowest BCUT2D eigenvalue weighted by Gasteiger charge is -2.42. The summed E-state index contributed by atoms with van der Waals surface area (Å²) in [6.07, 6.45) is -5.99. The number of carbonyl (C=O) groups excluding carboxylic acids is 6. The third-order valence-electron chi connectivity index (χ3n) is 9.16. The molecule has 16 nitrogen and oxygen atoms in total. The van der Waals surface area contributed by atoms with E-state index in [0.717, 1.165) is 0 Å². The number of Topliss-reactive ketones (excluding diaryl/α,β-unsaturated/α-hetero) is 2. The molecule has 7 N–H and O–H groups in total. The molecule has 268 valence electrons. The van der Waals surface area contributed by atoms with Crippen molar-refractivity contribution in [3.8, 4) is 17.2 Å². The minimum absolute atomic E-state index is 0.0273. The van der Waals surface area contributed by atoms with Crippen LogP contribution in [0, 0.1) is 0 Å². The number of nitrogens with one attached hydrogen (secondary N) is 1. The van der Waals surface area contributed by atoms with Crippen molar-refractivity contribution in [3.63, 3.8) is 0 Å². The Kier molecular flexibility index (Phi) is 10.4. The summed E-state index contributed by atoms with van der Waals surface area (Å²) in [5.74, 6) is -6.00. The van der Waals surface area contributed by atoms with Gasteiger partial charge in [-0.25, -0.2) is 0 Å². The fourth-order valence-electron chi connectivity index (χ4n) is 6.48. The van der Waals surface area contributed by atoms with Crippen molar-refractivity contribution in [3.05, 3.63) is 51.6 Å². The fourth-order valence-corrected chi connectivity index (χ4v) is 6.48. The van der Waals surface area contributed by atoms with Crippen molar-refractivity contribution in [1.82, 2.24) is 5.32 Å². The van der Waals surface area contributed by atoms with Gasteiger partial charge in [-0.1, -0.05) is 12.1 Å². The lowest BCUT2D eigenvalue weighted by atomic mass is 9.72. The first-order valence-electron chi connectivity index (χ1n) is 15.9. The zero-order chi connectivity index (χ0) is 36.7. The molecule has 2 aromatic carbocycles. The number of aliphatic hydroxyl groups is 2. The highest BCUT2D eigenvalue weighted by molar-refractivity contribution is 6.31. The zero-order valence-corrected chi connectivity index (χ0v) is 27.5. The number of aromatic hydroxyl groups is 2. The lowest BCUT2D eigenvalue weighted by molar-refractivity contribution is -0.247. The highest BCUT2D eigenvalue weighted by Gasteiger charge is 2.50. The molecule has 0 bridgehead atoms. The number of amides is 1. The van der Waals surface area contributed by atoms with E-state index in [9.17, 15) is 49.2 Å². The Hall–Kier alpha value is -4.74. The maximum Gasteiger partial charge on any atom is 0.325 e. The van der Waals surface area contributed by atoms with Gasteiger partial charge in [-0.3, -0.25) is 24.0 Å². The standard InChI is InChI=1S/C34H38N2O14/c1-14(37)7-8-22(39)36-12-23(40)48-13-21(38)34(46)10-17-26(20(11-34)50-24-9-18(35)29(41)15(2)49-24)33(45)28-27(31(17)43)30(42)16-5-4-6-19(47-3)25(16)32(28)44/h4-6,15,18,20,24,29,41,43,45-46H,7-13,35H2,1-3H3,(H,36,39)/t15?,18?,20-,24?,29?,34+/m1/s1. The number of aliphatic hydroxyl groups excluding tert-OH is 1. The molecule has 0 aromatic heterocycles. The first-order valence-corrected chi connectivity index (χ1v) is 15.9. The number of phenols is 2. The third-order valence-corrected chi connectivity index (χ3v) is 9.16. The number of hydrogen-bond donors (Lipinski definition) is 6. The number of fused-ring (bicyclic) bond motifs is 3. The monoisotopic (exact) mass is 698 g/mol. The summed E-state index contributed by atoms with van der Waals surface area (Å²) in [7, 11) is 1.30. The second kappa shape index (κ2) is 14.2. The van der Waals surface area contributed by atoms with Crippen LogP contribution in [0.15, 0.2) is 18.2 Å². The van der Waals surface area contributed by atoms with E-state index >= 15 is 0 Å². The number of hydrogen-bond acceptors (Lipinski definition) is 15. The van der Waals surface area contributed by atoms with E-state index in [-0.39, 0.29) is 53.0 Å². The Labute approximate surface area is 285 Å². The van der Waals surface area contributed by atoms with E-state index in [2.05, 4.69) is 5.32 Å². The van der Waals surface area contributed by atoms with Crippen LogP contribution in [0.1, 0.15) is 88.6 Å². The number of methoxy groups -OCH3 is 1. The van der Waals surface area contributed by atoms with E-state index in [1.807, 2.05) is 0 Å². The Morgan fingerprint density at radius 3 is 2.42 bits per heavy atom. The van der Waals surface area contributed by atoms with Crippen LogP contribution in [0.25, 0.3) is 0 Å². The number of phenolic OH excluding ortho intramolecular Hbond substituents is 2. The largest absolute Gasteiger partial charge is 0.507 e. The van der Waals surface area contributed by atoms with Crippen LogP contribution in [0.4, 0.5) is 0 Å². The van der Waals surface area contributed by atoms with Crippen molar-refractivity contribution >= 4 is 35.0 Å². The van der Waals surface area contributed by atoms with Gasteiger partial charge in [-0.05, 0) is 19.9 Å². The number of carbonyl (C=O) groups is 6. The minimum Gasteiger partial charge on any atom is -0.507 e. The van der Waals surface area contributed by atoms with Crippen molar-refractivity contribution in [2.45, 2.75) is 82.2 Å². The van der Waals surface area contributed by atoms with Crippen LogP contribution in [0.3, 0.4) is 0 Å². The summed E-state index contributed by atoms with van der Waals surface area (Å²) in [5, 5.41) is 47.6. The average molecular weight is 699 g/mol. The van der Waals surface area contributed by atoms with Crippen LogP contribution in [0.5, 0.6) is 17.2 Å². The molecule has 5 rings (SSSR count). The summed E-state index contributed by atoms with van der Waals surface area (Å²) in [4.78, 5) is 76.3. The molecule has 16 heteroatoms. The molecule has 4 unspecified atom stereocenters. The predicted octanol–water partition coefficient (Wildman–Crippen LogP) is 0.0376. The van der Waals surface area contributed by atoms with Crippen LogP contribution in [-0.4, -0.2) is 106 Å². The van der Waals surface area contributed by atoms with E-state index in [0.29, 0.717) is 0 Å². The third kappa shape index (κ3) is 6.84. The van der Waals surface area contributed by atoms with Gasteiger partial charge >= 0.3 is 5.97 Å². The Bertz CT molecular complexity index is 1760. The molecule has 1 aliphatic heterocycles. The van der Waals surface area contributed by atoms with Crippen molar-refractivity contribution in [2.75, 3.05) is 20.3 Å². The van der Waals surface area contributed by atoms with Crippen LogP contribution in [-0.2, 0) is 39.8 Å². The second-order valence-electron chi connectivity index (χ2n) is 12.6. The molecule has 0 saturated carbocycles. The molecule has 6 atom stereocenters. The summed E-state index contributed by atoms with van der Waals surface area (Å²) < 4.78 is 22.2. The lowest BCUT2D eigenvalue weighted by Crippen LogP contribution is -2.53. The smallest absolute Gasteiger partial charge is 0.325 e. The molecule has 3 aliphatic rings. The number of esters is 1. The van der Waals surface area contributed by atoms with Gasteiger partial charge in [0.25, 0.3) is 0 Å². The maximum atomic E-state index is 13.9. The molecule has 1 heterocycles. The first kappa shape index (κ1) is 36.5. The van der Waals surface area contributed by atoms with Gasteiger partial charge in [0.2, 0.25) is 17.5 Å². The zero-order valence-electron chi connectivity index (χ0n) is 27.5. The molecular weight excluding hydrogens is 660 g/mol. The minimum atomic E-state index is -2.42. The predicted molar refractivity (Wildman–Crippen MR) is 169 cm³/mol. The summed E-state index contributed by atoms with van der Waals surface area (Å²) in [6.45, 7) is 1.26. The Balaban J connectivity index is 1.49. The molecular formula is C34H38N2O14. The van der Waals surface area contributed by atoms with E-state index in [1.54, 1.807) is 6.92 Å². The Morgan fingerprint density at radius 1 is 1.06 bits per heavy atom. The second-order valence-corrected chi connectivity index (χ2v) is 12.6. The summed E-state index contributed by atoms with van der Waals surface area (Å²) in [6, 6.07) is 3.47. The van der Waals surface area contributed by atoms with Crippen LogP contribution in [0.2, 0.25) is 0 Å².